The van der Waals surface area contributed by atoms with Gasteiger partial charge in [-0.25, -0.2) is 4.98 Å². The first-order valence-electron chi connectivity index (χ1n) is 9.99. The van der Waals surface area contributed by atoms with Crippen LogP contribution in [-0.4, -0.2) is 45.1 Å². The molecule has 2 amide bonds. The van der Waals surface area contributed by atoms with Gasteiger partial charge in [0.05, 0.1) is 5.56 Å². The first-order chi connectivity index (χ1) is 15.0. The SMILES string of the molecule is CN1C(=O)C(NC(=O)c2nnc(Cc3ccccc3)[nH]2)C2CC2c2cc(C#N)cnc21. The number of anilines is 1. The number of carbonyl (C=O) groups is 2. The molecule has 3 aromatic rings. The Hall–Kier alpha value is -4.06. The summed E-state index contributed by atoms with van der Waals surface area (Å²) in [5.74, 6) is 0.525. The number of fused-ring (bicyclic) bond motifs is 3. The van der Waals surface area contributed by atoms with Crippen LogP contribution in [0.2, 0.25) is 0 Å². The maximum atomic E-state index is 13.1. The Morgan fingerprint density at radius 3 is 2.90 bits per heavy atom. The van der Waals surface area contributed by atoms with Crippen LogP contribution in [0.4, 0.5) is 5.82 Å². The number of hydrogen-bond acceptors (Lipinski definition) is 6. The Balaban J connectivity index is 1.33. The number of benzene rings is 1. The Kier molecular flexibility index (Phi) is 4.47. The number of amides is 2. The molecule has 1 saturated carbocycles. The van der Waals surface area contributed by atoms with E-state index in [4.69, 9.17) is 0 Å². The van der Waals surface area contributed by atoms with E-state index in [1.54, 1.807) is 13.1 Å². The minimum absolute atomic E-state index is 0.0393. The van der Waals surface area contributed by atoms with Gasteiger partial charge in [0.25, 0.3) is 11.8 Å². The van der Waals surface area contributed by atoms with Crippen molar-refractivity contribution in [3.63, 3.8) is 0 Å². The van der Waals surface area contributed by atoms with Crippen molar-refractivity contribution in [1.29, 1.82) is 5.26 Å². The average molecular weight is 413 g/mol. The van der Waals surface area contributed by atoms with Gasteiger partial charge < -0.3 is 10.3 Å². The number of nitrogens with zero attached hydrogens (tertiary/aromatic N) is 5. The third kappa shape index (κ3) is 3.42. The molecule has 2 N–H and O–H groups in total. The summed E-state index contributed by atoms with van der Waals surface area (Å²) < 4.78 is 0. The van der Waals surface area contributed by atoms with Crippen molar-refractivity contribution in [2.24, 2.45) is 5.92 Å². The number of likely N-dealkylation sites (N-methyl/N-ethyl adjacent to an activating group) is 1. The van der Waals surface area contributed by atoms with Crippen molar-refractivity contribution >= 4 is 17.6 Å². The molecule has 0 radical (unpaired) electrons. The maximum Gasteiger partial charge on any atom is 0.289 e. The highest BCUT2D eigenvalue weighted by Crippen LogP contribution is 2.54. The molecule has 0 saturated heterocycles. The van der Waals surface area contributed by atoms with Crippen LogP contribution in [0.1, 0.15) is 45.5 Å². The van der Waals surface area contributed by atoms with E-state index >= 15 is 0 Å². The minimum atomic E-state index is -0.690. The van der Waals surface area contributed by atoms with Gasteiger partial charge in [-0.2, -0.15) is 5.26 Å². The van der Waals surface area contributed by atoms with Crippen LogP contribution in [0, 0.1) is 17.2 Å². The Bertz CT molecular complexity index is 1210. The standard InChI is InChI=1S/C22H19N7O2/c1-29-20-16(7-13(10-23)11-24-20)14-9-15(14)18(22(29)31)26-21(30)19-25-17(27-28-19)8-12-5-3-2-4-6-12/h2-7,11,14-15,18H,8-9H2,1H3,(H,26,30)(H,25,27,28). The molecule has 154 valence electrons. The topological polar surface area (TPSA) is 128 Å². The van der Waals surface area contributed by atoms with Crippen molar-refractivity contribution in [2.75, 3.05) is 11.9 Å². The van der Waals surface area contributed by atoms with Crippen molar-refractivity contribution in [2.45, 2.75) is 24.8 Å². The molecule has 1 fully saturated rings. The van der Waals surface area contributed by atoms with E-state index in [1.807, 2.05) is 30.3 Å². The van der Waals surface area contributed by atoms with E-state index in [9.17, 15) is 14.9 Å². The largest absolute Gasteiger partial charge is 0.337 e. The monoisotopic (exact) mass is 413 g/mol. The first kappa shape index (κ1) is 18.9. The predicted octanol–water partition coefficient (Wildman–Crippen LogP) is 1.54. The summed E-state index contributed by atoms with van der Waals surface area (Å²) in [6.45, 7) is 0. The lowest BCUT2D eigenvalue weighted by atomic mass is 10.1. The second-order valence-electron chi connectivity index (χ2n) is 7.89. The van der Waals surface area contributed by atoms with Gasteiger partial charge in [-0.3, -0.25) is 14.5 Å². The lowest BCUT2D eigenvalue weighted by Crippen LogP contribution is -2.48. The third-order valence-corrected chi connectivity index (χ3v) is 5.86. The number of aromatic nitrogens is 4. The molecule has 2 aromatic heterocycles. The Morgan fingerprint density at radius 2 is 2.13 bits per heavy atom. The number of nitrogens with one attached hydrogen (secondary N) is 2. The van der Waals surface area contributed by atoms with Crippen molar-refractivity contribution in [3.05, 3.63) is 70.9 Å². The normalized spacial score (nSPS) is 21.5. The molecule has 1 aliphatic carbocycles. The Labute approximate surface area is 178 Å². The lowest BCUT2D eigenvalue weighted by Gasteiger charge is -2.22. The zero-order valence-corrected chi connectivity index (χ0v) is 16.7. The molecular weight excluding hydrogens is 394 g/mol. The molecule has 31 heavy (non-hydrogen) atoms. The summed E-state index contributed by atoms with van der Waals surface area (Å²) in [4.78, 5) is 34.6. The highest BCUT2D eigenvalue weighted by atomic mass is 16.2. The molecule has 3 unspecified atom stereocenters. The summed E-state index contributed by atoms with van der Waals surface area (Å²) in [5.41, 5.74) is 2.39. The molecule has 1 aliphatic heterocycles. The maximum absolute atomic E-state index is 13.1. The van der Waals surface area contributed by atoms with Gasteiger partial charge in [-0.15, -0.1) is 10.2 Å². The fourth-order valence-electron chi connectivity index (χ4n) is 4.17. The Morgan fingerprint density at radius 1 is 1.32 bits per heavy atom. The van der Waals surface area contributed by atoms with Crippen molar-refractivity contribution in [1.82, 2.24) is 25.5 Å². The summed E-state index contributed by atoms with van der Waals surface area (Å²) in [7, 11) is 1.64. The van der Waals surface area contributed by atoms with E-state index in [2.05, 4.69) is 31.6 Å². The molecule has 3 heterocycles. The molecule has 1 aromatic carbocycles. The highest BCUT2D eigenvalue weighted by Gasteiger charge is 2.52. The molecular formula is C22H19N7O2. The van der Waals surface area contributed by atoms with Gasteiger partial charge in [-0.1, -0.05) is 30.3 Å². The fraction of sp³-hybridized carbons (Fsp3) is 0.273. The second kappa shape index (κ2) is 7.32. The van der Waals surface area contributed by atoms with E-state index in [0.717, 1.165) is 17.5 Å². The van der Waals surface area contributed by atoms with Gasteiger partial charge in [0.2, 0.25) is 5.82 Å². The highest BCUT2D eigenvalue weighted by molar-refractivity contribution is 6.02. The molecule has 0 bridgehead atoms. The summed E-state index contributed by atoms with van der Waals surface area (Å²) in [6, 6.07) is 12.9. The first-order valence-corrected chi connectivity index (χ1v) is 9.99. The molecule has 2 aliphatic rings. The number of hydrogen-bond donors (Lipinski definition) is 2. The summed E-state index contributed by atoms with van der Waals surface area (Å²) >= 11 is 0. The smallest absolute Gasteiger partial charge is 0.289 e. The molecule has 3 atom stereocenters. The zero-order valence-electron chi connectivity index (χ0n) is 16.7. The van der Waals surface area contributed by atoms with Crippen LogP contribution in [0.5, 0.6) is 0 Å². The van der Waals surface area contributed by atoms with E-state index in [0.29, 0.717) is 23.6 Å². The third-order valence-electron chi connectivity index (χ3n) is 5.86. The zero-order chi connectivity index (χ0) is 21.5. The molecule has 9 heteroatoms. The molecule has 0 spiro atoms. The minimum Gasteiger partial charge on any atom is -0.337 e. The number of carbonyl (C=O) groups excluding carboxylic acids is 2. The van der Waals surface area contributed by atoms with Gasteiger partial charge in [-0.05, 0) is 35.4 Å². The second-order valence-corrected chi connectivity index (χ2v) is 7.89. The number of H-pyrrole nitrogens is 1. The van der Waals surface area contributed by atoms with Crippen molar-refractivity contribution < 1.29 is 9.59 Å². The number of pyridine rings is 1. The van der Waals surface area contributed by atoms with Crippen LogP contribution in [0.15, 0.2) is 42.6 Å². The van der Waals surface area contributed by atoms with Crippen LogP contribution >= 0.6 is 0 Å². The lowest BCUT2D eigenvalue weighted by molar-refractivity contribution is -0.120. The quantitative estimate of drug-likeness (QED) is 0.668. The average Bonchev–Trinajstić information content (AvgIpc) is 3.46. The van der Waals surface area contributed by atoms with Crippen LogP contribution in [-0.2, 0) is 11.2 Å². The predicted molar refractivity (Wildman–Crippen MR) is 110 cm³/mol. The van der Waals surface area contributed by atoms with Crippen molar-refractivity contribution in [3.8, 4) is 6.07 Å². The summed E-state index contributed by atoms with van der Waals surface area (Å²) in [5, 5.41) is 20.0. The molecule has 9 nitrogen and oxygen atoms in total. The van der Waals surface area contributed by atoms with Gasteiger partial charge in [0.1, 0.15) is 23.8 Å². The van der Waals surface area contributed by atoms with Gasteiger partial charge in [0, 0.05) is 19.7 Å². The van der Waals surface area contributed by atoms with Gasteiger partial charge in [0.15, 0.2) is 0 Å². The van der Waals surface area contributed by atoms with E-state index < -0.39 is 11.9 Å². The number of nitriles is 1. The van der Waals surface area contributed by atoms with Crippen LogP contribution in [0.3, 0.4) is 0 Å². The van der Waals surface area contributed by atoms with E-state index in [-0.39, 0.29) is 23.6 Å². The van der Waals surface area contributed by atoms with E-state index in [1.165, 1.54) is 11.1 Å². The van der Waals surface area contributed by atoms with Crippen LogP contribution in [0.25, 0.3) is 0 Å². The fourth-order valence-corrected chi connectivity index (χ4v) is 4.17. The van der Waals surface area contributed by atoms with Gasteiger partial charge >= 0.3 is 0 Å². The van der Waals surface area contributed by atoms with Crippen LogP contribution < -0.4 is 10.2 Å². The number of rotatable bonds is 4. The number of aromatic amines is 1. The summed E-state index contributed by atoms with van der Waals surface area (Å²) in [6.07, 6.45) is 2.74. The molecule has 5 rings (SSSR count).